The average molecular weight is 361 g/mol. The molecule has 0 spiro atoms. The van der Waals surface area contributed by atoms with Gasteiger partial charge >= 0.3 is 0 Å². The summed E-state index contributed by atoms with van der Waals surface area (Å²) in [4.78, 5) is 12.4. The summed E-state index contributed by atoms with van der Waals surface area (Å²) in [6.07, 6.45) is 1.69. The van der Waals surface area contributed by atoms with Crippen LogP contribution in [0.3, 0.4) is 0 Å². The van der Waals surface area contributed by atoms with E-state index in [-0.39, 0.29) is 30.3 Å². The maximum absolute atomic E-state index is 12.4. The molecule has 0 aliphatic rings. The molecule has 0 saturated carbocycles. The Morgan fingerprint density at radius 3 is 2.52 bits per heavy atom. The predicted molar refractivity (Wildman–Crippen MR) is 104 cm³/mol. The summed E-state index contributed by atoms with van der Waals surface area (Å²) in [7, 11) is 0. The van der Waals surface area contributed by atoms with E-state index in [2.05, 4.69) is 11.9 Å². The topological polar surface area (TPSA) is 64.3 Å². The largest absolute Gasteiger partial charge is 0.489 e. The van der Waals surface area contributed by atoms with Crippen LogP contribution < -0.4 is 15.8 Å². The summed E-state index contributed by atoms with van der Waals surface area (Å²) in [5.41, 5.74) is 8.09. The zero-order valence-electron chi connectivity index (χ0n) is 14.4. The van der Waals surface area contributed by atoms with Gasteiger partial charge in [-0.1, -0.05) is 68.1 Å². The molecule has 2 aromatic rings. The van der Waals surface area contributed by atoms with Gasteiger partial charge in [0.2, 0.25) is 5.91 Å². The second kappa shape index (κ2) is 10.5. The van der Waals surface area contributed by atoms with E-state index >= 15 is 0 Å². The molecule has 4 nitrogen and oxygen atoms in total. The molecular weight excluding hydrogens is 336 g/mol. The number of nitrogens with one attached hydrogen (secondary N) is 1. The normalized spacial score (nSPS) is 12.4. The lowest BCUT2D eigenvalue weighted by molar-refractivity contribution is -0.125. The molecule has 0 saturated heterocycles. The van der Waals surface area contributed by atoms with Crippen molar-refractivity contribution in [1.82, 2.24) is 5.32 Å². The van der Waals surface area contributed by atoms with E-state index in [0.29, 0.717) is 13.2 Å². The molecule has 0 aliphatic heterocycles. The minimum Gasteiger partial charge on any atom is -0.489 e. The molecule has 2 unspecified atom stereocenters. The molecule has 0 aliphatic carbocycles. The second-order valence-electron chi connectivity index (χ2n) is 5.65. The van der Waals surface area contributed by atoms with Gasteiger partial charge in [-0.15, -0.1) is 12.4 Å². The Kier molecular flexibility index (Phi) is 8.75. The smallest absolute Gasteiger partial charge is 0.225 e. The van der Waals surface area contributed by atoms with Crippen LogP contribution in [0.2, 0.25) is 0 Å². The van der Waals surface area contributed by atoms with Gasteiger partial charge in [-0.25, -0.2) is 0 Å². The van der Waals surface area contributed by atoms with Gasteiger partial charge < -0.3 is 15.8 Å². The van der Waals surface area contributed by atoms with Crippen molar-refractivity contribution in [2.75, 3.05) is 6.61 Å². The molecule has 0 bridgehead atoms. The van der Waals surface area contributed by atoms with Gasteiger partial charge in [0, 0.05) is 18.2 Å². The zero-order valence-corrected chi connectivity index (χ0v) is 15.2. The van der Waals surface area contributed by atoms with Crippen molar-refractivity contribution in [3.8, 4) is 5.75 Å². The number of hydrogen-bond acceptors (Lipinski definition) is 3. The lowest BCUT2D eigenvalue weighted by atomic mass is 9.94. The van der Waals surface area contributed by atoms with Crippen LogP contribution >= 0.6 is 12.4 Å². The van der Waals surface area contributed by atoms with Crippen LogP contribution in [0.5, 0.6) is 5.75 Å². The number of ether oxygens (including phenoxy) is 1. The van der Waals surface area contributed by atoms with Gasteiger partial charge in [0.25, 0.3) is 0 Å². The zero-order chi connectivity index (χ0) is 17.4. The van der Waals surface area contributed by atoms with E-state index in [1.807, 2.05) is 61.5 Å². The summed E-state index contributed by atoms with van der Waals surface area (Å²) in [5, 5.41) is 2.94. The van der Waals surface area contributed by atoms with E-state index in [4.69, 9.17) is 10.5 Å². The SMILES string of the molecule is C=CCOc1ccccc1CNC(=O)C(C)C(N)c1ccccc1.Cl. The first-order valence-electron chi connectivity index (χ1n) is 8.03. The van der Waals surface area contributed by atoms with E-state index in [1.165, 1.54) is 0 Å². The van der Waals surface area contributed by atoms with Gasteiger partial charge in [-0.05, 0) is 11.6 Å². The van der Waals surface area contributed by atoms with Crippen molar-refractivity contribution in [2.45, 2.75) is 19.5 Å². The molecular formula is C20H25ClN2O2. The summed E-state index contributed by atoms with van der Waals surface area (Å²) < 4.78 is 5.60. The Hall–Kier alpha value is -2.30. The fourth-order valence-corrected chi connectivity index (χ4v) is 2.41. The van der Waals surface area contributed by atoms with Gasteiger partial charge in [0.05, 0.1) is 5.92 Å². The van der Waals surface area contributed by atoms with Crippen LogP contribution in [-0.2, 0) is 11.3 Å². The van der Waals surface area contributed by atoms with Gasteiger partial charge in [0.15, 0.2) is 0 Å². The van der Waals surface area contributed by atoms with E-state index in [1.54, 1.807) is 6.08 Å². The van der Waals surface area contributed by atoms with Crippen molar-refractivity contribution < 1.29 is 9.53 Å². The Balaban J connectivity index is 0.00000312. The van der Waals surface area contributed by atoms with Crippen molar-refractivity contribution >= 4 is 18.3 Å². The fraction of sp³-hybridized carbons (Fsp3) is 0.250. The number of rotatable bonds is 8. The Morgan fingerprint density at radius 1 is 1.20 bits per heavy atom. The first-order chi connectivity index (χ1) is 11.6. The van der Waals surface area contributed by atoms with Crippen molar-refractivity contribution in [3.63, 3.8) is 0 Å². The maximum Gasteiger partial charge on any atom is 0.225 e. The summed E-state index contributed by atoms with van der Waals surface area (Å²) in [6, 6.07) is 16.9. The number of benzene rings is 2. The van der Waals surface area contributed by atoms with E-state index in [0.717, 1.165) is 16.9 Å². The lowest BCUT2D eigenvalue weighted by Gasteiger charge is -2.20. The van der Waals surface area contributed by atoms with Crippen molar-refractivity contribution in [3.05, 3.63) is 78.4 Å². The molecule has 2 aromatic carbocycles. The number of hydrogen-bond donors (Lipinski definition) is 2. The molecule has 0 fully saturated rings. The fourth-order valence-electron chi connectivity index (χ4n) is 2.41. The minimum absolute atomic E-state index is 0. The van der Waals surface area contributed by atoms with Crippen LogP contribution in [0.1, 0.15) is 24.1 Å². The molecule has 134 valence electrons. The van der Waals surface area contributed by atoms with Crippen LogP contribution in [-0.4, -0.2) is 12.5 Å². The van der Waals surface area contributed by atoms with E-state index < -0.39 is 0 Å². The van der Waals surface area contributed by atoms with Crippen LogP contribution in [0.4, 0.5) is 0 Å². The Morgan fingerprint density at radius 2 is 1.84 bits per heavy atom. The molecule has 0 heterocycles. The Bertz CT molecular complexity index is 676. The van der Waals surface area contributed by atoms with Crippen LogP contribution in [0.15, 0.2) is 67.3 Å². The third-order valence-corrected chi connectivity index (χ3v) is 3.92. The summed E-state index contributed by atoms with van der Waals surface area (Å²) in [6.45, 7) is 6.31. The second-order valence-corrected chi connectivity index (χ2v) is 5.65. The van der Waals surface area contributed by atoms with Gasteiger partial charge in [-0.2, -0.15) is 0 Å². The van der Waals surface area contributed by atoms with Crippen molar-refractivity contribution in [1.29, 1.82) is 0 Å². The highest BCUT2D eigenvalue weighted by Gasteiger charge is 2.22. The highest BCUT2D eigenvalue weighted by Crippen LogP contribution is 2.21. The number of carbonyl (C=O) groups excluding carboxylic acids is 1. The lowest BCUT2D eigenvalue weighted by Crippen LogP contribution is -2.35. The Labute approximate surface area is 155 Å². The highest BCUT2D eigenvalue weighted by molar-refractivity contribution is 5.85. The van der Waals surface area contributed by atoms with Gasteiger partial charge in [0.1, 0.15) is 12.4 Å². The molecule has 25 heavy (non-hydrogen) atoms. The predicted octanol–water partition coefficient (Wildman–Crippen LogP) is 3.63. The van der Waals surface area contributed by atoms with Crippen LogP contribution in [0.25, 0.3) is 0 Å². The summed E-state index contributed by atoms with van der Waals surface area (Å²) in [5.74, 6) is 0.344. The molecule has 2 atom stereocenters. The van der Waals surface area contributed by atoms with Gasteiger partial charge in [-0.3, -0.25) is 4.79 Å². The average Bonchev–Trinajstić information content (AvgIpc) is 2.64. The number of carbonyl (C=O) groups is 1. The molecule has 0 aromatic heterocycles. The first-order valence-corrected chi connectivity index (χ1v) is 8.03. The minimum atomic E-state index is -0.335. The molecule has 3 N–H and O–H groups in total. The van der Waals surface area contributed by atoms with Crippen LogP contribution in [0, 0.1) is 5.92 Å². The molecule has 2 rings (SSSR count). The maximum atomic E-state index is 12.4. The summed E-state index contributed by atoms with van der Waals surface area (Å²) >= 11 is 0. The number of halogens is 1. The number of nitrogens with two attached hydrogens (primary N) is 1. The molecule has 0 radical (unpaired) electrons. The highest BCUT2D eigenvalue weighted by atomic mass is 35.5. The molecule has 5 heteroatoms. The quantitative estimate of drug-likeness (QED) is 0.706. The molecule has 1 amide bonds. The number of amides is 1. The third kappa shape index (κ3) is 5.93. The van der Waals surface area contributed by atoms with E-state index in [9.17, 15) is 4.79 Å². The standard InChI is InChI=1S/C20H24N2O2.ClH/c1-3-13-24-18-12-8-7-11-17(18)14-22-20(23)15(2)19(21)16-9-5-4-6-10-16;/h3-12,15,19H,1,13-14,21H2,2H3,(H,22,23);1H. The monoisotopic (exact) mass is 360 g/mol. The number of para-hydroxylation sites is 1. The van der Waals surface area contributed by atoms with Crippen molar-refractivity contribution in [2.24, 2.45) is 11.7 Å². The third-order valence-electron chi connectivity index (χ3n) is 3.92. The first kappa shape index (κ1) is 20.7.